The molecule has 1 amide bonds. The number of hydrogen-bond acceptors (Lipinski definition) is 5. The number of rotatable bonds is 8. The lowest BCUT2D eigenvalue weighted by Gasteiger charge is -2.10. The van der Waals surface area contributed by atoms with Gasteiger partial charge >= 0.3 is 6.61 Å². The molecule has 0 unspecified atom stereocenters. The third-order valence-electron chi connectivity index (χ3n) is 4.07. The van der Waals surface area contributed by atoms with Crippen molar-refractivity contribution in [2.24, 2.45) is 0 Å². The van der Waals surface area contributed by atoms with E-state index >= 15 is 0 Å². The van der Waals surface area contributed by atoms with E-state index < -0.39 is 6.61 Å². The van der Waals surface area contributed by atoms with Gasteiger partial charge in [0.2, 0.25) is 5.91 Å². The highest BCUT2D eigenvalue weighted by atomic mass is 35.5. The fourth-order valence-electron chi connectivity index (χ4n) is 2.78. The molecule has 10 heteroatoms. The maximum atomic E-state index is 12.3. The average Bonchev–Trinajstić information content (AvgIpc) is 3.11. The number of aryl methyl sites for hydroxylation is 1. The summed E-state index contributed by atoms with van der Waals surface area (Å²) in [5.41, 5.74) is 2.46. The van der Waals surface area contributed by atoms with Gasteiger partial charge in [0.25, 0.3) is 0 Å². The van der Waals surface area contributed by atoms with Crippen LogP contribution >= 0.6 is 23.4 Å². The first-order chi connectivity index (χ1) is 14.4. The Balaban J connectivity index is 1.64. The lowest BCUT2D eigenvalue weighted by molar-refractivity contribution is -0.113. The molecule has 0 atom stereocenters. The van der Waals surface area contributed by atoms with E-state index in [9.17, 15) is 13.6 Å². The van der Waals surface area contributed by atoms with Gasteiger partial charge in [0.1, 0.15) is 5.75 Å². The number of nitrogens with zero attached hydrogens (tertiary/aromatic N) is 3. The van der Waals surface area contributed by atoms with Gasteiger partial charge in [-0.1, -0.05) is 47.1 Å². The first kappa shape index (κ1) is 22.0. The van der Waals surface area contributed by atoms with Crippen LogP contribution in [0.3, 0.4) is 0 Å². The fraction of sp³-hybridized carbons (Fsp3) is 0.250. The van der Waals surface area contributed by atoms with E-state index in [1.807, 2.05) is 42.7 Å². The zero-order valence-electron chi connectivity index (χ0n) is 16.2. The monoisotopic (exact) mass is 452 g/mol. The van der Waals surface area contributed by atoms with Gasteiger partial charge in [-0.25, -0.2) is 0 Å². The standard InChI is InChI=1S/C20H19ClF2N4O2S/c1-3-27-18(13-6-4-5-12(2)9-13)25-26-20(27)30-11-17(28)24-14-7-8-16(15(21)10-14)29-19(22)23/h4-10,19H,3,11H2,1-2H3,(H,24,28). The summed E-state index contributed by atoms with van der Waals surface area (Å²) in [6.07, 6.45) is 0. The van der Waals surface area contributed by atoms with Gasteiger partial charge in [0.15, 0.2) is 11.0 Å². The molecule has 0 fully saturated rings. The summed E-state index contributed by atoms with van der Waals surface area (Å²) in [5.74, 6) is 0.393. The first-order valence-electron chi connectivity index (χ1n) is 9.04. The Morgan fingerprint density at radius 3 is 2.73 bits per heavy atom. The molecule has 2 aromatic carbocycles. The molecule has 6 nitrogen and oxygen atoms in total. The van der Waals surface area contributed by atoms with E-state index in [0.29, 0.717) is 17.4 Å². The highest BCUT2D eigenvalue weighted by molar-refractivity contribution is 7.99. The molecule has 0 spiro atoms. The minimum Gasteiger partial charge on any atom is -0.433 e. The van der Waals surface area contributed by atoms with E-state index in [4.69, 9.17) is 11.6 Å². The molecule has 1 N–H and O–H groups in total. The average molecular weight is 453 g/mol. The number of alkyl halides is 2. The minimum absolute atomic E-state index is 0.0192. The molecule has 3 rings (SSSR count). The molecule has 1 heterocycles. The molecule has 3 aromatic rings. The number of anilines is 1. The Kier molecular flexibility index (Phi) is 7.28. The topological polar surface area (TPSA) is 69.0 Å². The second kappa shape index (κ2) is 9.90. The number of aromatic nitrogens is 3. The summed E-state index contributed by atoms with van der Waals surface area (Å²) >= 11 is 7.16. The van der Waals surface area contributed by atoms with E-state index in [0.717, 1.165) is 17.0 Å². The van der Waals surface area contributed by atoms with E-state index in [2.05, 4.69) is 20.3 Å². The third kappa shape index (κ3) is 5.48. The molecule has 0 saturated carbocycles. The highest BCUT2D eigenvalue weighted by Crippen LogP contribution is 2.29. The SMILES string of the molecule is CCn1c(SCC(=O)Nc2ccc(OC(F)F)c(Cl)c2)nnc1-c1cccc(C)c1. The molecular formula is C20H19ClF2N4O2S. The van der Waals surface area contributed by atoms with Crippen molar-refractivity contribution in [2.75, 3.05) is 11.1 Å². The normalized spacial score (nSPS) is 11.0. The zero-order chi connectivity index (χ0) is 21.7. The lowest BCUT2D eigenvalue weighted by Crippen LogP contribution is -2.14. The van der Waals surface area contributed by atoms with Crippen molar-refractivity contribution in [3.8, 4) is 17.1 Å². The number of carbonyl (C=O) groups excluding carboxylic acids is 1. The number of nitrogens with one attached hydrogen (secondary N) is 1. The Morgan fingerprint density at radius 2 is 2.07 bits per heavy atom. The smallest absolute Gasteiger partial charge is 0.387 e. The fourth-order valence-corrected chi connectivity index (χ4v) is 3.80. The predicted octanol–water partition coefficient (Wildman–Crippen LogP) is 5.26. The molecule has 30 heavy (non-hydrogen) atoms. The highest BCUT2D eigenvalue weighted by Gasteiger charge is 2.15. The number of halogens is 3. The zero-order valence-corrected chi connectivity index (χ0v) is 17.8. The van der Waals surface area contributed by atoms with Crippen LogP contribution in [-0.4, -0.2) is 33.0 Å². The summed E-state index contributed by atoms with van der Waals surface area (Å²) in [5, 5.41) is 11.8. The largest absolute Gasteiger partial charge is 0.433 e. The van der Waals surface area contributed by atoms with Crippen LogP contribution in [-0.2, 0) is 11.3 Å². The van der Waals surface area contributed by atoms with Crippen molar-refractivity contribution < 1.29 is 18.3 Å². The summed E-state index contributed by atoms with van der Waals surface area (Å²) in [7, 11) is 0. The third-order valence-corrected chi connectivity index (χ3v) is 5.34. The molecule has 158 valence electrons. The number of ether oxygens (including phenoxy) is 1. The van der Waals surface area contributed by atoms with Crippen LogP contribution in [0, 0.1) is 6.92 Å². The number of hydrogen-bond donors (Lipinski definition) is 1. The van der Waals surface area contributed by atoms with Gasteiger partial charge in [0.05, 0.1) is 10.8 Å². The molecule has 0 aliphatic carbocycles. The number of benzene rings is 2. The van der Waals surface area contributed by atoms with Crippen LogP contribution in [0.5, 0.6) is 5.75 Å². The molecule has 0 aliphatic rings. The van der Waals surface area contributed by atoms with Crippen LogP contribution in [0.4, 0.5) is 14.5 Å². The quantitative estimate of drug-likeness (QED) is 0.472. The molecule has 0 radical (unpaired) electrons. The van der Waals surface area contributed by atoms with Gasteiger partial charge in [-0.15, -0.1) is 10.2 Å². The molecule has 0 saturated heterocycles. The van der Waals surface area contributed by atoms with Gasteiger partial charge in [0, 0.05) is 17.8 Å². The van der Waals surface area contributed by atoms with Crippen LogP contribution in [0.2, 0.25) is 5.02 Å². The molecular weight excluding hydrogens is 434 g/mol. The minimum atomic E-state index is -2.97. The van der Waals surface area contributed by atoms with Gasteiger partial charge in [-0.3, -0.25) is 4.79 Å². The second-order valence-electron chi connectivity index (χ2n) is 6.28. The molecule has 1 aromatic heterocycles. The maximum Gasteiger partial charge on any atom is 0.387 e. The van der Waals surface area contributed by atoms with Crippen molar-refractivity contribution in [3.05, 3.63) is 53.1 Å². The van der Waals surface area contributed by atoms with Crippen molar-refractivity contribution in [1.29, 1.82) is 0 Å². The predicted molar refractivity (Wildman–Crippen MR) is 113 cm³/mol. The maximum absolute atomic E-state index is 12.3. The van der Waals surface area contributed by atoms with E-state index in [1.165, 1.54) is 30.0 Å². The summed E-state index contributed by atoms with van der Waals surface area (Å²) in [6, 6.07) is 12.0. The first-order valence-corrected chi connectivity index (χ1v) is 10.4. The van der Waals surface area contributed by atoms with E-state index in [1.54, 1.807) is 0 Å². The van der Waals surface area contributed by atoms with E-state index in [-0.39, 0.29) is 22.4 Å². The van der Waals surface area contributed by atoms with Crippen molar-refractivity contribution in [1.82, 2.24) is 14.8 Å². The number of amides is 1. The van der Waals surface area contributed by atoms with Crippen LogP contribution < -0.4 is 10.1 Å². The van der Waals surface area contributed by atoms with Crippen molar-refractivity contribution in [2.45, 2.75) is 32.2 Å². The van der Waals surface area contributed by atoms with Crippen LogP contribution in [0.25, 0.3) is 11.4 Å². The van der Waals surface area contributed by atoms with Crippen LogP contribution in [0.15, 0.2) is 47.6 Å². The Hall–Kier alpha value is -2.65. The second-order valence-corrected chi connectivity index (χ2v) is 7.63. The van der Waals surface area contributed by atoms with Crippen molar-refractivity contribution >= 4 is 35.0 Å². The summed E-state index contributed by atoms with van der Waals surface area (Å²) in [4.78, 5) is 12.3. The van der Waals surface area contributed by atoms with Gasteiger partial charge in [-0.2, -0.15) is 8.78 Å². The Morgan fingerprint density at radius 1 is 1.27 bits per heavy atom. The number of thioether (sulfide) groups is 1. The van der Waals surface area contributed by atoms with Crippen molar-refractivity contribution in [3.63, 3.8) is 0 Å². The molecule has 0 aliphatic heterocycles. The lowest BCUT2D eigenvalue weighted by atomic mass is 10.1. The number of carbonyl (C=O) groups is 1. The Labute approximate surface area is 181 Å². The molecule has 0 bridgehead atoms. The van der Waals surface area contributed by atoms with Crippen LogP contribution in [0.1, 0.15) is 12.5 Å². The Bertz CT molecular complexity index is 1050. The summed E-state index contributed by atoms with van der Waals surface area (Å²) in [6.45, 7) is 1.67. The van der Waals surface area contributed by atoms with Gasteiger partial charge < -0.3 is 14.6 Å². The summed E-state index contributed by atoms with van der Waals surface area (Å²) < 4.78 is 30.8. The van der Waals surface area contributed by atoms with Gasteiger partial charge in [-0.05, 0) is 38.1 Å².